The van der Waals surface area contributed by atoms with E-state index in [9.17, 15) is 13.6 Å². The molecule has 0 bridgehead atoms. The van der Waals surface area contributed by atoms with Gasteiger partial charge in [-0.3, -0.25) is 14.7 Å². The van der Waals surface area contributed by atoms with Crippen molar-refractivity contribution in [1.82, 2.24) is 29.3 Å². The number of anilines is 3. The number of alkyl halides is 1. The number of rotatable bonds is 7. The first-order valence-corrected chi connectivity index (χ1v) is 18.2. The van der Waals surface area contributed by atoms with E-state index in [1.54, 1.807) is 18.6 Å². The Labute approximate surface area is 290 Å². The monoisotopic (exact) mass is 682 g/mol. The average Bonchev–Trinajstić information content (AvgIpc) is 3.60. The molecule has 0 radical (unpaired) electrons. The molecule has 5 aliphatic rings. The number of halogens is 2. The third-order valence-electron chi connectivity index (χ3n) is 12.0. The maximum Gasteiger partial charge on any atom is 0.238 e. The molecule has 4 aliphatic heterocycles. The molecule has 1 N–H and O–H groups in total. The normalized spacial score (nSPS) is 24.6. The molecule has 1 aliphatic carbocycles. The molecule has 3 aromatic heterocycles. The maximum atomic E-state index is 14.8. The molecule has 1 spiro atoms. The Morgan fingerprint density at radius 3 is 2.44 bits per heavy atom. The number of imidazole rings is 1. The standard InChI is InChI=1S/C38H44F2N8O2/c1-23(2)47-22-42-33-18-32(44-36(35(33)47)43-31-5-10-41-19-30(31)40)24-3-4-29-34(15-24)48(27-16-26(17-27)45-11-6-25(39)7-12-45)37(49)38(29)8-13-46(14-9-38)28-20-50-21-28/h3-5,10,15,18-19,22-23,25-28H,6-9,11-14,16-17,20-21H2,1-2H3,(H,41,43,44)/t26-,27+. The quantitative estimate of drug-likeness (QED) is 0.254. The van der Waals surface area contributed by atoms with Crippen LogP contribution >= 0.6 is 0 Å². The number of carbonyl (C=O) groups excluding carboxylic acids is 1. The first-order chi connectivity index (χ1) is 24.3. The molecule has 0 atom stereocenters. The van der Waals surface area contributed by atoms with Crippen LogP contribution < -0.4 is 10.2 Å². The fraction of sp³-hybridized carbons (Fsp3) is 0.526. The fourth-order valence-corrected chi connectivity index (χ4v) is 8.89. The van der Waals surface area contributed by atoms with E-state index in [-0.39, 0.29) is 23.7 Å². The van der Waals surface area contributed by atoms with Crippen molar-refractivity contribution in [3.63, 3.8) is 0 Å². The van der Waals surface area contributed by atoms with Gasteiger partial charge in [-0.2, -0.15) is 0 Å². The number of pyridine rings is 2. The van der Waals surface area contributed by atoms with E-state index >= 15 is 0 Å². The van der Waals surface area contributed by atoms with E-state index in [0.29, 0.717) is 36.4 Å². The first-order valence-electron chi connectivity index (χ1n) is 18.2. The second-order valence-corrected chi connectivity index (χ2v) is 15.2. The van der Waals surface area contributed by atoms with Gasteiger partial charge in [0.15, 0.2) is 11.6 Å². The minimum atomic E-state index is -0.698. The molecule has 1 amide bonds. The van der Waals surface area contributed by atoms with Gasteiger partial charge in [-0.05, 0) is 89.2 Å². The number of aromatic nitrogens is 4. The third-order valence-corrected chi connectivity index (χ3v) is 12.0. The molecule has 1 saturated carbocycles. The highest BCUT2D eigenvalue weighted by Gasteiger charge is 2.56. The van der Waals surface area contributed by atoms with Gasteiger partial charge in [-0.15, -0.1) is 0 Å². The molecule has 1 aromatic carbocycles. The minimum absolute atomic E-state index is 0.103. The van der Waals surface area contributed by atoms with Crippen LogP contribution in [0.2, 0.25) is 0 Å². The highest BCUT2D eigenvalue weighted by molar-refractivity contribution is 6.09. The van der Waals surface area contributed by atoms with E-state index in [2.05, 4.69) is 57.0 Å². The molecule has 50 heavy (non-hydrogen) atoms. The second-order valence-electron chi connectivity index (χ2n) is 15.2. The SMILES string of the molecule is CC(C)n1cnc2cc(-c3ccc4c(c3)N([C@H]3C[C@@H](N5CCC(F)CC5)C3)C(=O)C43CCN(C4COC4)CC3)nc(Nc3ccncc3F)c21. The van der Waals surface area contributed by atoms with Crippen molar-refractivity contribution in [2.45, 2.75) is 88.1 Å². The number of benzene rings is 1. The molecule has 4 fully saturated rings. The van der Waals surface area contributed by atoms with Crippen molar-refractivity contribution in [3.8, 4) is 11.3 Å². The van der Waals surface area contributed by atoms with Crippen LogP contribution in [0, 0.1) is 5.82 Å². The van der Waals surface area contributed by atoms with E-state index in [1.807, 2.05) is 10.6 Å². The van der Waals surface area contributed by atoms with Crippen molar-refractivity contribution in [2.24, 2.45) is 0 Å². The van der Waals surface area contributed by atoms with Gasteiger partial charge in [0.2, 0.25) is 5.91 Å². The zero-order valence-corrected chi connectivity index (χ0v) is 28.7. The number of likely N-dealkylation sites (tertiary alicyclic amines) is 2. The molecule has 7 heterocycles. The lowest BCUT2D eigenvalue weighted by Gasteiger charge is -2.49. The van der Waals surface area contributed by atoms with Crippen molar-refractivity contribution in [3.05, 3.63) is 60.4 Å². The van der Waals surface area contributed by atoms with Crippen molar-refractivity contribution in [1.29, 1.82) is 0 Å². The molecule has 262 valence electrons. The average molecular weight is 683 g/mol. The summed E-state index contributed by atoms with van der Waals surface area (Å²) >= 11 is 0. The topological polar surface area (TPSA) is 91.7 Å². The van der Waals surface area contributed by atoms with Crippen molar-refractivity contribution in [2.75, 3.05) is 49.6 Å². The molecule has 9 rings (SSSR count). The van der Waals surface area contributed by atoms with E-state index in [4.69, 9.17) is 14.7 Å². The lowest BCUT2D eigenvalue weighted by atomic mass is 9.73. The number of amides is 1. The minimum Gasteiger partial charge on any atom is -0.378 e. The number of nitrogens with one attached hydrogen (secondary N) is 1. The van der Waals surface area contributed by atoms with Gasteiger partial charge in [0, 0.05) is 48.7 Å². The second kappa shape index (κ2) is 12.3. The van der Waals surface area contributed by atoms with Crippen LogP contribution in [0.3, 0.4) is 0 Å². The van der Waals surface area contributed by atoms with Gasteiger partial charge in [-0.25, -0.2) is 18.7 Å². The predicted molar refractivity (Wildman–Crippen MR) is 188 cm³/mol. The number of fused-ring (bicyclic) bond motifs is 3. The van der Waals surface area contributed by atoms with Crippen LogP contribution in [0.1, 0.15) is 64.0 Å². The zero-order chi connectivity index (χ0) is 34.1. The summed E-state index contributed by atoms with van der Waals surface area (Å²) in [5.74, 6) is 0.254. The Balaban J connectivity index is 1.09. The molecule has 12 heteroatoms. The van der Waals surface area contributed by atoms with Gasteiger partial charge < -0.3 is 24.4 Å². The Kier molecular flexibility index (Phi) is 7.89. The van der Waals surface area contributed by atoms with Gasteiger partial charge in [0.1, 0.15) is 11.7 Å². The zero-order valence-electron chi connectivity index (χ0n) is 28.7. The van der Waals surface area contributed by atoms with E-state index in [0.717, 1.165) is 92.9 Å². The summed E-state index contributed by atoms with van der Waals surface area (Å²) in [4.78, 5) is 35.5. The lowest BCUT2D eigenvalue weighted by Crippen LogP contribution is -2.59. The van der Waals surface area contributed by atoms with E-state index in [1.165, 1.54) is 6.20 Å². The van der Waals surface area contributed by atoms with Gasteiger partial charge in [0.25, 0.3) is 0 Å². The van der Waals surface area contributed by atoms with Crippen LogP contribution in [-0.4, -0.2) is 98.9 Å². The fourth-order valence-electron chi connectivity index (χ4n) is 8.89. The summed E-state index contributed by atoms with van der Waals surface area (Å²) in [5.41, 5.74) is 4.93. The number of hydrogen-bond donors (Lipinski definition) is 1. The van der Waals surface area contributed by atoms with Gasteiger partial charge in [-0.1, -0.05) is 12.1 Å². The predicted octanol–water partition coefficient (Wildman–Crippen LogP) is 6.00. The summed E-state index contributed by atoms with van der Waals surface area (Å²) in [7, 11) is 0. The van der Waals surface area contributed by atoms with Gasteiger partial charge in [0.05, 0.1) is 54.1 Å². The summed E-state index contributed by atoms with van der Waals surface area (Å²) in [6.45, 7) is 9.02. The Hall–Kier alpha value is -4.00. The number of hydrogen-bond acceptors (Lipinski definition) is 8. The first kappa shape index (κ1) is 31.9. The molecule has 3 saturated heterocycles. The molecule has 4 aromatic rings. The van der Waals surface area contributed by atoms with Gasteiger partial charge >= 0.3 is 0 Å². The third kappa shape index (κ3) is 5.21. The maximum absolute atomic E-state index is 14.8. The highest BCUT2D eigenvalue weighted by atomic mass is 19.1. The molecule has 10 nitrogen and oxygen atoms in total. The van der Waals surface area contributed by atoms with Crippen LogP contribution in [0.5, 0.6) is 0 Å². The Morgan fingerprint density at radius 2 is 1.74 bits per heavy atom. The van der Waals surface area contributed by atoms with E-state index < -0.39 is 17.4 Å². The smallest absolute Gasteiger partial charge is 0.238 e. The summed E-state index contributed by atoms with van der Waals surface area (Å²) < 4.78 is 36.2. The van der Waals surface area contributed by atoms with Crippen molar-refractivity contribution >= 4 is 34.1 Å². The summed E-state index contributed by atoms with van der Waals surface area (Å²) in [5, 5.41) is 3.23. The summed E-state index contributed by atoms with van der Waals surface area (Å²) in [6.07, 6.45) is 8.39. The molecular weight excluding hydrogens is 638 g/mol. The highest BCUT2D eigenvalue weighted by Crippen LogP contribution is 2.52. The lowest BCUT2D eigenvalue weighted by molar-refractivity contribution is -0.128. The summed E-state index contributed by atoms with van der Waals surface area (Å²) in [6, 6.07) is 11.0. The van der Waals surface area contributed by atoms with Crippen LogP contribution in [-0.2, 0) is 14.9 Å². The Morgan fingerprint density at radius 1 is 0.980 bits per heavy atom. The molecular formula is C38H44F2N8O2. The number of ether oxygens (including phenoxy) is 1. The van der Waals surface area contributed by atoms with Crippen LogP contribution in [0.15, 0.2) is 49.1 Å². The Bertz CT molecular complexity index is 1920. The van der Waals surface area contributed by atoms with Crippen LogP contribution in [0.4, 0.5) is 26.0 Å². The number of nitrogens with zero attached hydrogens (tertiary/aromatic N) is 7. The van der Waals surface area contributed by atoms with Crippen LogP contribution in [0.25, 0.3) is 22.3 Å². The number of piperidine rings is 2. The largest absolute Gasteiger partial charge is 0.378 e. The number of carbonyl (C=O) groups is 1. The molecule has 0 unspecified atom stereocenters. The van der Waals surface area contributed by atoms with Crippen molar-refractivity contribution < 1.29 is 18.3 Å².